The highest BCUT2D eigenvalue weighted by atomic mass is 79.9. The van der Waals surface area contributed by atoms with Crippen LogP contribution in [0, 0.1) is 17.0 Å². The third-order valence-electron chi connectivity index (χ3n) is 2.58. The first-order valence-corrected chi connectivity index (χ1v) is 7.00. The highest BCUT2D eigenvalue weighted by Gasteiger charge is 2.21. The van der Waals surface area contributed by atoms with Gasteiger partial charge in [0.05, 0.1) is 6.10 Å². The molecule has 0 bridgehead atoms. The van der Waals surface area contributed by atoms with E-state index < -0.39 is 29.2 Å². The number of halogens is 3. The highest BCUT2D eigenvalue weighted by molar-refractivity contribution is 9.10. The van der Waals surface area contributed by atoms with E-state index >= 15 is 0 Å². The highest BCUT2D eigenvalue weighted by Crippen LogP contribution is 2.21. The molecule has 6 heteroatoms. The molecule has 0 radical (unpaired) electrons. The lowest BCUT2D eigenvalue weighted by Gasteiger charge is -2.22. The van der Waals surface area contributed by atoms with E-state index in [1.165, 1.54) is 0 Å². The molecule has 1 aromatic rings. The summed E-state index contributed by atoms with van der Waals surface area (Å²) in [4.78, 5) is 11.8. The Bertz CT molecular complexity index is 477. The maximum Gasteiger partial charge on any atom is 0.257 e. The van der Waals surface area contributed by atoms with E-state index in [4.69, 9.17) is 0 Å². The summed E-state index contributed by atoms with van der Waals surface area (Å²) in [6.07, 6.45) is -0.293. The second kappa shape index (κ2) is 6.63. The van der Waals surface area contributed by atoms with Gasteiger partial charge in [-0.3, -0.25) is 4.79 Å². The van der Waals surface area contributed by atoms with Gasteiger partial charge in [0.15, 0.2) is 0 Å². The molecule has 2 N–H and O–H groups in total. The van der Waals surface area contributed by atoms with Crippen LogP contribution in [-0.2, 0) is 0 Å². The third kappa shape index (κ3) is 5.17. The lowest BCUT2D eigenvalue weighted by molar-refractivity contribution is 0.0861. The van der Waals surface area contributed by atoms with Gasteiger partial charge in [0.2, 0.25) is 0 Å². The first-order valence-electron chi connectivity index (χ1n) is 6.21. The van der Waals surface area contributed by atoms with Crippen LogP contribution in [0.1, 0.15) is 37.6 Å². The largest absolute Gasteiger partial charge is 0.391 e. The molecule has 0 saturated carbocycles. The van der Waals surface area contributed by atoms with Crippen molar-refractivity contribution in [3.8, 4) is 0 Å². The fourth-order valence-electron chi connectivity index (χ4n) is 1.84. The molecule has 0 aliphatic rings. The van der Waals surface area contributed by atoms with E-state index in [1.807, 2.05) is 20.8 Å². The van der Waals surface area contributed by atoms with Crippen molar-refractivity contribution in [1.82, 2.24) is 5.32 Å². The predicted molar refractivity (Wildman–Crippen MR) is 76.5 cm³/mol. The van der Waals surface area contributed by atoms with Crippen LogP contribution in [0.3, 0.4) is 0 Å². The molecule has 0 heterocycles. The SMILES string of the molecule is CC(C)(C)CC(O)CNC(=O)c1c(F)cc(Br)cc1F. The summed E-state index contributed by atoms with van der Waals surface area (Å²) in [6.45, 7) is 5.80. The second-order valence-corrected chi connectivity index (χ2v) is 6.79. The van der Waals surface area contributed by atoms with Crippen molar-refractivity contribution < 1.29 is 18.7 Å². The first kappa shape index (κ1) is 17.0. The molecule has 1 rings (SSSR count). The van der Waals surface area contributed by atoms with Crippen LogP contribution in [0.2, 0.25) is 0 Å². The van der Waals surface area contributed by atoms with Crippen molar-refractivity contribution in [3.63, 3.8) is 0 Å². The van der Waals surface area contributed by atoms with Gasteiger partial charge in [-0.15, -0.1) is 0 Å². The van der Waals surface area contributed by atoms with Crippen molar-refractivity contribution in [2.24, 2.45) is 5.41 Å². The quantitative estimate of drug-likeness (QED) is 0.876. The van der Waals surface area contributed by atoms with Crippen LogP contribution >= 0.6 is 15.9 Å². The average molecular weight is 350 g/mol. The Morgan fingerprint density at radius 3 is 2.30 bits per heavy atom. The lowest BCUT2D eigenvalue weighted by Crippen LogP contribution is -2.35. The summed E-state index contributed by atoms with van der Waals surface area (Å²) in [5.74, 6) is -2.76. The zero-order valence-corrected chi connectivity index (χ0v) is 13.2. The zero-order chi connectivity index (χ0) is 15.5. The summed E-state index contributed by atoms with van der Waals surface area (Å²) in [5.41, 5.74) is -0.741. The van der Waals surface area contributed by atoms with Gasteiger partial charge in [-0.05, 0) is 24.0 Å². The summed E-state index contributed by atoms with van der Waals surface area (Å²) in [5, 5.41) is 12.1. The Morgan fingerprint density at radius 2 is 1.85 bits per heavy atom. The Labute approximate surface area is 125 Å². The predicted octanol–water partition coefficient (Wildman–Crippen LogP) is 3.25. The molecule has 3 nitrogen and oxygen atoms in total. The van der Waals surface area contributed by atoms with Crippen molar-refractivity contribution in [3.05, 3.63) is 33.8 Å². The number of aliphatic hydroxyl groups excluding tert-OH is 1. The molecule has 112 valence electrons. The van der Waals surface area contributed by atoms with Crippen LogP contribution < -0.4 is 5.32 Å². The molecule has 0 aliphatic heterocycles. The van der Waals surface area contributed by atoms with Gasteiger partial charge in [-0.1, -0.05) is 36.7 Å². The van der Waals surface area contributed by atoms with Gasteiger partial charge in [0.25, 0.3) is 5.91 Å². The van der Waals surface area contributed by atoms with Crippen LogP contribution in [0.25, 0.3) is 0 Å². The second-order valence-electron chi connectivity index (χ2n) is 5.87. The standard InChI is InChI=1S/C14H18BrF2NO2/c1-14(2,3)6-9(19)7-18-13(20)12-10(16)4-8(15)5-11(12)17/h4-5,9,19H,6-7H2,1-3H3,(H,18,20). The van der Waals surface area contributed by atoms with Crippen molar-refractivity contribution in [2.75, 3.05) is 6.54 Å². The van der Waals surface area contributed by atoms with Gasteiger partial charge < -0.3 is 10.4 Å². The van der Waals surface area contributed by atoms with E-state index in [-0.39, 0.29) is 16.4 Å². The van der Waals surface area contributed by atoms with Crippen molar-refractivity contribution in [1.29, 1.82) is 0 Å². The molecule has 1 atom stereocenters. The number of amides is 1. The number of benzene rings is 1. The topological polar surface area (TPSA) is 49.3 Å². The van der Waals surface area contributed by atoms with Gasteiger partial charge >= 0.3 is 0 Å². The molecule has 0 spiro atoms. The molecule has 0 fully saturated rings. The number of hydrogen-bond acceptors (Lipinski definition) is 2. The molecule has 0 aliphatic carbocycles. The van der Waals surface area contributed by atoms with Crippen LogP contribution in [0.15, 0.2) is 16.6 Å². The first-order chi connectivity index (χ1) is 9.10. The fraction of sp³-hybridized carbons (Fsp3) is 0.500. The van der Waals surface area contributed by atoms with Crippen LogP contribution in [-0.4, -0.2) is 23.7 Å². The Kier molecular flexibility index (Phi) is 5.65. The molecular formula is C14H18BrF2NO2. The Morgan fingerprint density at radius 1 is 1.35 bits per heavy atom. The maximum atomic E-state index is 13.6. The number of carbonyl (C=O) groups excluding carboxylic acids is 1. The van der Waals surface area contributed by atoms with E-state index in [0.29, 0.717) is 6.42 Å². The van der Waals surface area contributed by atoms with E-state index in [2.05, 4.69) is 21.2 Å². The smallest absolute Gasteiger partial charge is 0.257 e. The number of nitrogens with one attached hydrogen (secondary N) is 1. The van der Waals surface area contributed by atoms with Crippen molar-refractivity contribution >= 4 is 21.8 Å². The minimum Gasteiger partial charge on any atom is -0.391 e. The molecule has 1 amide bonds. The summed E-state index contributed by atoms with van der Waals surface area (Å²) in [6, 6.07) is 2.03. The van der Waals surface area contributed by atoms with Crippen LogP contribution in [0.4, 0.5) is 8.78 Å². The average Bonchev–Trinajstić information content (AvgIpc) is 2.22. The minimum atomic E-state index is -0.945. The number of carbonyl (C=O) groups is 1. The molecule has 1 unspecified atom stereocenters. The van der Waals surface area contributed by atoms with Gasteiger partial charge in [0, 0.05) is 11.0 Å². The summed E-state index contributed by atoms with van der Waals surface area (Å²) >= 11 is 2.94. The normalized spacial score (nSPS) is 13.2. The number of rotatable bonds is 4. The van der Waals surface area contributed by atoms with E-state index in [9.17, 15) is 18.7 Å². The number of aliphatic hydroxyl groups is 1. The maximum absolute atomic E-state index is 13.6. The molecule has 0 saturated heterocycles. The minimum absolute atomic E-state index is 0.0505. The van der Waals surface area contributed by atoms with Gasteiger partial charge in [-0.25, -0.2) is 8.78 Å². The molecule has 20 heavy (non-hydrogen) atoms. The summed E-state index contributed by atoms with van der Waals surface area (Å²) < 4.78 is 27.3. The fourth-order valence-corrected chi connectivity index (χ4v) is 2.24. The Balaban J connectivity index is 2.69. The van der Waals surface area contributed by atoms with Crippen LogP contribution in [0.5, 0.6) is 0 Å². The third-order valence-corrected chi connectivity index (χ3v) is 3.04. The lowest BCUT2D eigenvalue weighted by atomic mass is 9.89. The van der Waals surface area contributed by atoms with Gasteiger partial charge in [0.1, 0.15) is 17.2 Å². The molecular weight excluding hydrogens is 332 g/mol. The van der Waals surface area contributed by atoms with E-state index in [1.54, 1.807) is 0 Å². The van der Waals surface area contributed by atoms with Gasteiger partial charge in [-0.2, -0.15) is 0 Å². The molecule has 0 aromatic heterocycles. The monoisotopic (exact) mass is 349 g/mol. The van der Waals surface area contributed by atoms with Crippen molar-refractivity contribution in [2.45, 2.75) is 33.3 Å². The Hall–Kier alpha value is -1.01. The number of hydrogen-bond donors (Lipinski definition) is 2. The molecule has 1 aromatic carbocycles. The summed E-state index contributed by atoms with van der Waals surface area (Å²) in [7, 11) is 0. The van der Waals surface area contributed by atoms with E-state index in [0.717, 1.165) is 12.1 Å². The zero-order valence-electron chi connectivity index (χ0n) is 11.6.